The van der Waals surface area contributed by atoms with Crippen LogP contribution in [0.3, 0.4) is 0 Å². The van der Waals surface area contributed by atoms with E-state index in [0.29, 0.717) is 21.8 Å². The molecule has 1 heterocycles. The predicted octanol–water partition coefficient (Wildman–Crippen LogP) is 5.95. The number of urea groups is 1. The molecule has 3 aromatic rings. The zero-order valence-corrected chi connectivity index (χ0v) is 22.4. The number of hydrogen-bond donors (Lipinski definition) is 2. The van der Waals surface area contributed by atoms with Gasteiger partial charge in [0.1, 0.15) is 5.57 Å². The Hall–Kier alpha value is -3.85. The van der Waals surface area contributed by atoms with Crippen molar-refractivity contribution in [2.45, 2.75) is 13.8 Å². The summed E-state index contributed by atoms with van der Waals surface area (Å²) in [5.74, 6) is -2.08. The maximum Gasteiger partial charge on any atom is 0.335 e. The zero-order chi connectivity index (χ0) is 27.6. The van der Waals surface area contributed by atoms with E-state index in [9.17, 15) is 19.2 Å². The Morgan fingerprint density at radius 2 is 1.63 bits per heavy atom. The van der Waals surface area contributed by atoms with Gasteiger partial charge in [-0.25, -0.2) is 9.69 Å². The van der Waals surface area contributed by atoms with Gasteiger partial charge < -0.3 is 10.1 Å². The van der Waals surface area contributed by atoms with E-state index in [4.69, 9.17) is 39.5 Å². The fourth-order valence-corrected chi connectivity index (χ4v) is 4.42. The first-order chi connectivity index (χ1) is 18.0. The van der Waals surface area contributed by atoms with E-state index in [-0.39, 0.29) is 33.7 Å². The third-order valence-corrected chi connectivity index (χ3v) is 6.32. The summed E-state index contributed by atoms with van der Waals surface area (Å²) in [6.45, 7) is 3.28. The summed E-state index contributed by atoms with van der Waals surface area (Å²) in [4.78, 5) is 51.3. The molecule has 2 N–H and O–H groups in total. The second kappa shape index (κ2) is 11.3. The number of anilines is 2. The molecule has 0 aromatic heterocycles. The average molecular weight is 573 g/mol. The van der Waals surface area contributed by atoms with Crippen LogP contribution >= 0.6 is 34.8 Å². The summed E-state index contributed by atoms with van der Waals surface area (Å²) < 4.78 is 5.52. The smallest absolute Gasteiger partial charge is 0.335 e. The van der Waals surface area contributed by atoms with Gasteiger partial charge in [-0.15, -0.1) is 0 Å². The van der Waals surface area contributed by atoms with Gasteiger partial charge in [0.15, 0.2) is 12.4 Å². The number of hydrogen-bond acceptors (Lipinski definition) is 5. The summed E-state index contributed by atoms with van der Waals surface area (Å²) in [5.41, 5.74) is 2.49. The number of benzene rings is 3. The van der Waals surface area contributed by atoms with Gasteiger partial charge in [-0.05, 0) is 67.4 Å². The van der Waals surface area contributed by atoms with Crippen LogP contribution in [0.25, 0.3) is 6.08 Å². The molecule has 5 amide bonds. The molecule has 3 aromatic carbocycles. The first-order valence-corrected chi connectivity index (χ1v) is 12.3. The van der Waals surface area contributed by atoms with Gasteiger partial charge in [0.05, 0.1) is 15.7 Å². The molecular formula is C27H20Cl3N3O5. The number of barbiturate groups is 1. The molecule has 1 fully saturated rings. The first-order valence-electron chi connectivity index (χ1n) is 11.2. The molecule has 0 aliphatic carbocycles. The van der Waals surface area contributed by atoms with Crippen LogP contribution in [-0.4, -0.2) is 30.4 Å². The van der Waals surface area contributed by atoms with Crippen LogP contribution < -0.4 is 20.3 Å². The largest absolute Gasteiger partial charge is 0.481 e. The Balaban J connectivity index is 1.54. The van der Waals surface area contributed by atoms with Gasteiger partial charge in [-0.2, -0.15) is 0 Å². The monoisotopic (exact) mass is 571 g/mol. The summed E-state index contributed by atoms with van der Waals surface area (Å²) in [6, 6.07) is 13.9. The minimum Gasteiger partial charge on any atom is -0.481 e. The van der Waals surface area contributed by atoms with E-state index < -0.39 is 23.8 Å². The third-order valence-electron chi connectivity index (χ3n) is 5.53. The van der Waals surface area contributed by atoms with Gasteiger partial charge in [-0.1, -0.05) is 58.6 Å². The maximum atomic E-state index is 13.2. The highest BCUT2D eigenvalue weighted by Crippen LogP contribution is 2.35. The fraction of sp³-hybridized carbons (Fsp3) is 0.111. The van der Waals surface area contributed by atoms with Crippen molar-refractivity contribution in [3.05, 3.63) is 91.9 Å². The summed E-state index contributed by atoms with van der Waals surface area (Å²) >= 11 is 18.7. The molecular weight excluding hydrogens is 553 g/mol. The Kier molecular flexibility index (Phi) is 8.06. The van der Waals surface area contributed by atoms with Gasteiger partial charge in [-0.3, -0.25) is 19.7 Å². The molecule has 1 saturated heterocycles. The standard InChI is InChI=1S/C27H20Cl3N3O5/c1-14-3-7-18(8-4-14)31-23(34)13-38-24-20(29)10-16(11-21(24)30)9-19-25(35)32-27(37)33(26(19)36)22-12-17(28)6-5-15(22)2/h3-12H,13H2,1-2H3,(H,31,34)(H,32,35,37)/b19-9+. The van der Waals surface area contributed by atoms with E-state index in [1.54, 1.807) is 31.2 Å². The average Bonchev–Trinajstić information content (AvgIpc) is 2.84. The number of nitrogens with zero attached hydrogens (tertiary/aromatic N) is 1. The van der Waals surface area contributed by atoms with Crippen molar-refractivity contribution in [2.75, 3.05) is 16.8 Å². The number of rotatable bonds is 6. The predicted molar refractivity (Wildman–Crippen MR) is 147 cm³/mol. The SMILES string of the molecule is Cc1ccc(NC(=O)COc2c(Cl)cc(/C=C3\C(=O)NC(=O)N(c4cc(Cl)ccc4C)C3=O)cc2Cl)cc1. The Morgan fingerprint density at radius 3 is 2.29 bits per heavy atom. The summed E-state index contributed by atoms with van der Waals surface area (Å²) in [6.07, 6.45) is 1.25. The lowest BCUT2D eigenvalue weighted by Crippen LogP contribution is -2.54. The topological polar surface area (TPSA) is 105 Å². The lowest BCUT2D eigenvalue weighted by molar-refractivity contribution is -0.122. The molecule has 1 aliphatic heterocycles. The van der Waals surface area contributed by atoms with Gasteiger partial charge in [0, 0.05) is 10.7 Å². The lowest BCUT2D eigenvalue weighted by Gasteiger charge is -2.27. The molecule has 0 unspecified atom stereocenters. The second-order valence-electron chi connectivity index (χ2n) is 8.41. The third kappa shape index (κ3) is 5.99. The van der Waals surface area contributed by atoms with E-state index >= 15 is 0 Å². The number of nitrogens with one attached hydrogen (secondary N) is 2. The molecule has 11 heteroatoms. The quantitative estimate of drug-likeness (QED) is 0.281. The van der Waals surface area contributed by atoms with Crippen LogP contribution in [0.4, 0.5) is 16.2 Å². The van der Waals surface area contributed by atoms with Crippen LogP contribution in [0.15, 0.2) is 60.2 Å². The highest BCUT2D eigenvalue weighted by molar-refractivity contribution is 6.40. The number of carbonyl (C=O) groups excluding carboxylic acids is 4. The van der Waals surface area contributed by atoms with Gasteiger partial charge in [0.2, 0.25) is 0 Å². The minimum atomic E-state index is -0.897. The summed E-state index contributed by atoms with van der Waals surface area (Å²) in [5, 5.41) is 5.27. The number of imide groups is 2. The van der Waals surface area contributed by atoms with Crippen molar-refractivity contribution in [3.8, 4) is 5.75 Å². The molecule has 0 radical (unpaired) electrons. The van der Waals surface area contributed by atoms with Crippen molar-refractivity contribution in [1.29, 1.82) is 0 Å². The molecule has 4 rings (SSSR count). The maximum absolute atomic E-state index is 13.2. The molecule has 0 saturated carbocycles. The number of carbonyl (C=O) groups is 4. The van der Waals surface area contributed by atoms with Crippen LogP contribution in [0.1, 0.15) is 16.7 Å². The fourth-order valence-electron chi connectivity index (χ4n) is 3.64. The number of aryl methyl sites for hydroxylation is 2. The Morgan fingerprint density at radius 1 is 0.974 bits per heavy atom. The molecule has 0 atom stereocenters. The molecule has 0 spiro atoms. The van der Waals surface area contributed by atoms with E-state index in [1.165, 1.54) is 24.3 Å². The number of amides is 5. The van der Waals surface area contributed by atoms with Crippen LogP contribution in [-0.2, 0) is 14.4 Å². The highest BCUT2D eigenvalue weighted by atomic mass is 35.5. The van der Waals surface area contributed by atoms with Crippen molar-refractivity contribution >= 4 is 76.0 Å². The molecule has 194 valence electrons. The van der Waals surface area contributed by atoms with E-state index in [1.807, 2.05) is 19.1 Å². The Labute approximate surface area is 233 Å². The number of halogens is 3. The van der Waals surface area contributed by atoms with Gasteiger partial charge >= 0.3 is 6.03 Å². The zero-order valence-electron chi connectivity index (χ0n) is 20.1. The lowest BCUT2D eigenvalue weighted by atomic mass is 10.1. The van der Waals surface area contributed by atoms with Crippen molar-refractivity contribution < 1.29 is 23.9 Å². The van der Waals surface area contributed by atoms with Crippen LogP contribution in [0.2, 0.25) is 15.1 Å². The van der Waals surface area contributed by atoms with Gasteiger partial charge in [0.25, 0.3) is 17.7 Å². The van der Waals surface area contributed by atoms with Crippen molar-refractivity contribution in [1.82, 2.24) is 5.32 Å². The normalized spacial score (nSPS) is 14.5. The minimum absolute atomic E-state index is 0.0507. The molecule has 1 aliphatic rings. The first kappa shape index (κ1) is 27.2. The highest BCUT2D eigenvalue weighted by Gasteiger charge is 2.37. The summed E-state index contributed by atoms with van der Waals surface area (Å²) in [7, 11) is 0. The van der Waals surface area contributed by atoms with E-state index in [0.717, 1.165) is 10.5 Å². The Bertz CT molecular complexity index is 1480. The van der Waals surface area contributed by atoms with Crippen LogP contribution in [0, 0.1) is 13.8 Å². The number of ether oxygens (including phenoxy) is 1. The molecule has 0 bridgehead atoms. The molecule has 8 nitrogen and oxygen atoms in total. The second-order valence-corrected chi connectivity index (χ2v) is 9.66. The van der Waals surface area contributed by atoms with Crippen LogP contribution in [0.5, 0.6) is 5.75 Å². The van der Waals surface area contributed by atoms with Crippen molar-refractivity contribution in [3.63, 3.8) is 0 Å². The van der Waals surface area contributed by atoms with E-state index in [2.05, 4.69) is 10.6 Å². The molecule has 38 heavy (non-hydrogen) atoms. The van der Waals surface area contributed by atoms with Crippen molar-refractivity contribution in [2.24, 2.45) is 0 Å².